The Hall–Kier alpha value is -1.98. The average molecular weight is 392 g/mol. The normalized spacial score (nSPS) is 19.8. The summed E-state index contributed by atoms with van der Waals surface area (Å²) in [5.41, 5.74) is 2.04. The standard InChI is InChI=1S/C19H19Cl2N3O2/c1-25-14-8-12(9-15(10-14)26-2)11-3-4-13(7-11)24-6-5-16-17(20)22-19(21)23-18(16)24/h5-6,8-11,13H,3-4,7H2,1-2H3. The molecule has 0 spiro atoms. The van der Waals surface area contributed by atoms with E-state index in [-0.39, 0.29) is 5.28 Å². The summed E-state index contributed by atoms with van der Waals surface area (Å²) < 4.78 is 13.0. The van der Waals surface area contributed by atoms with Crippen LogP contribution in [0.1, 0.15) is 36.8 Å². The lowest BCUT2D eigenvalue weighted by molar-refractivity contribution is 0.392. The lowest BCUT2D eigenvalue weighted by Gasteiger charge is -2.16. The lowest BCUT2D eigenvalue weighted by Crippen LogP contribution is -2.05. The summed E-state index contributed by atoms with van der Waals surface area (Å²) >= 11 is 12.2. The molecule has 1 saturated carbocycles. The number of benzene rings is 1. The smallest absolute Gasteiger partial charge is 0.225 e. The van der Waals surface area contributed by atoms with E-state index in [2.05, 4.69) is 26.7 Å². The molecule has 1 aliphatic rings. The van der Waals surface area contributed by atoms with Gasteiger partial charge in [0.25, 0.3) is 0 Å². The number of rotatable bonds is 4. The van der Waals surface area contributed by atoms with Crippen LogP contribution >= 0.6 is 23.2 Å². The number of fused-ring (bicyclic) bond motifs is 1. The first-order valence-electron chi connectivity index (χ1n) is 8.51. The topological polar surface area (TPSA) is 49.2 Å². The van der Waals surface area contributed by atoms with Crippen molar-refractivity contribution in [2.45, 2.75) is 31.2 Å². The molecule has 136 valence electrons. The summed E-state index contributed by atoms with van der Waals surface area (Å²) in [5, 5.41) is 1.41. The second kappa shape index (κ2) is 6.97. The number of halogens is 2. The molecule has 0 amide bonds. The zero-order valence-electron chi connectivity index (χ0n) is 14.6. The molecule has 1 aromatic carbocycles. The number of aromatic nitrogens is 3. The summed E-state index contributed by atoms with van der Waals surface area (Å²) in [6, 6.07) is 8.39. The molecule has 0 radical (unpaired) electrons. The van der Waals surface area contributed by atoms with Crippen molar-refractivity contribution < 1.29 is 9.47 Å². The summed E-state index contributed by atoms with van der Waals surface area (Å²) in [6.07, 6.45) is 5.19. The summed E-state index contributed by atoms with van der Waals surface area (Å²) in [4.78, 5) is 8.41. The van der Waals surface area contributed by atoms with E-state index in [4.69, 9.17) is 32.7 Å². The van der Waals surface area contributed by atoms with E-state index < -0.39 is 0 Å². The van der Waals surface area contributed by atoms with Gasteiger partial charge < -0.3 is 14.0 Å². The van der Waals surface area contributed by atoms with Crippen molar-refractivity contribution in [3.63, 3.8) is 0 Å². The van der Waals surface area contributed by atoms with Gasteiger partial charge in [-0.05, 0) is 60.5 Å². The highest BCUT2D eigenvalue weighted by Crippen LogP contribution is 2.44. The molecule has 7 heteroatoms. The molecule has 26 heavy (non-hydrogen) atoms. The molecule has 0 saturated heterocycles. The molecule has 2 aromatic heterocycles. The van der Waals surface area contributed by atoms with Crippen LogP contribution in [0, 0.1) is 0 Å². The van der Waals surface area contributed by atoms with E-state index >= 15 is 0 Å². The minimum atomic E-state index is 0.175. The molecule has 3 aromatic rings. The molecular formula is C19H19Cl2N3O2. The summed E-state index contributed by atoms with van der Waals surface area (Å²) in [7, 11) is 3.35. The van der Waals surface area contributed by atoms with Crippen molar-refractivity contribution in [3.05, 3.63) is 46.5 Å². The van der Waals surface area contributed by atoms with Crippen molar-refractivity contribution in [3.8, 4) is 11.5 Å². The zero-order valence-corrected chi connectivity index (χ0v) is 16.1. The number of hydrogen-bond acceptors (Lipinski definition) is 4. The Morgan fingerprint density at radius 1 is 1.04 bits per heavy atom. The Morgan fingerprint density at radius 2 is 1.77 bits per heavy atom. The Balaban J connectivity index is 1.64. The fourth-order valence-corrected chi connectivity index (χ4v) is 4.28. The highest BCUT2D eigenvalue weighted by atomic mass is 35.5. The van der Waals surface area contributed by atoms with Gasteiger partial charge in [-0.15, -0.1) is 0 Å². The molecular weight excluding hydrogens is 373 g/mol. The van der Waals surface area contributed by atoms with Gasteiger partial charge in [0.05, 0.1) is 19.6 Å². The van der Waals surface area contributed by atoms with Gasteiger partial charge >= 0.3 is 0 Å². The fraction of sp³-hybridized carbons (Fsp3) is 0.368. The SMILES string of the molecule is COc1cc(OC)cc(C2CCC(n3ccc4c(Cl)nc(Cl)nc43)C2)c1. The van der Waals surface area contributed by atoms with Gasteiger partial charge in [-0.2, -0.15) is 4.98 Å². The van der Waals surface area contributed by atoms with Crippen molar-refractivity contribution in [2.24, 2.45) is 0 Å². The maximum Gasteiger partial charge on any atom is 0.225 e. The van der Waals surface area contributed by atoms with E-state index in [9.17, 15) is 0 Å². The molecule has 5 nitrogen and oxygen atoms in total. The van der Waals surface area contributed by atoms with Crippen LogP contribution < -0.4 is 9.47 Å². The Morgan fingerprint density at radius 3 is 2.46 bits per heavy atom. The van der Waals surface area contributed by atoms with Gasteiger partial charge in [-0.1, -0.05) is 11.6 Å². The van der Waals surface area contributed by atoms with Crippen LogP contribution in [0.3, 0.4) is 0 Å². The first-order valence-corrected chi connectivity index (χ1v) is 9.27. The number of hydrogen-bond donors (Lipinski definition) is 0. The third kappa shape index (κ3) is 3.10. The fourth-order valence-electron chi connectivity index (χ4n) is 3.84. The highest BCUT2D eigenvalue weighted by molar-refractivity contribution is 6.35. The van der Waals surface area contributed by atoms with Gasteiger partial charge in [0.15, 0.2) is 0 Å². The van der Waals surface area contributed by atoms with Crippen molar-refractivity contribution in [1.82, 2.24) is 14.5 Å². The molecule has 1 fully saturated rings. The van der Waals surface area contributed by atoms with Crippen LogP contribution in [0.4, 0.5) is 0 Å². The molecule has 2 unspecified atom stereocenters. The monoisotopic (exact) mass is 391 g/mol. The lowest BCUT2D eigenvalue weighted by atomic mass is 9.97. The Labute approximate surface area is 161 Å². The Bertz CT molecular complexity index is 935. The van der Waals surface area contributed by atoms with Crippen LogP contribution in [0.2, 0.25) is 10.4 Å². The Kier molecular flexibility index (Phi) is 4.67. The zero-order chi connectivity index (χ0) is 18.3. The van der Waals surface area contributed by atoms with E-state index in [1.165, 1.54) is 5.56 Å². The summed E-state index contributed by atoms with van der Waals surface area (Å²) in [6.45, 7) is 0. The maximum atomic E-state index is 6.20. The molecule has 0 bridgehead atoms. The third-order valence-corrected chi connectivity index (χ3v) is 5.60. The molecule has 0 N–H and O–H groups in total. The average Bonchev–Trinajstić information content (AvgIpc) is 3.28. The number of nitrogens with zero attached hydrogens (tertiary/aromatic N) is 3. The van der Waals surface area contributed by atoms with Crippen LogP contribution in [0.5, 0.6) is 11.5 Å². The minimum Gasteiger partial charge on any atom is -0.497 e. The third-order valence-electron chi connectivity index (χ3n) is 5.14. The maximum absolute atomic E-state index is 6.20. The number of methoxy groups -OCH3 is 2. The highest BCUT2D eigenvalue weighted by Gasteiger charge is 2.29. The van der Waals surface area contributed by atoms with Crippen molar-refractivity contribution in [2.75, 3.05) is 14.2 Å². The van der Waals surface area contributed by atoms with Crippen LogP contribution in [0.15, 0.2) is 30.5 Å². The molecule has 1 aliphatic carbocycles. The van der Waals surface area contributed by atoms with Gasteiger partial charge in [-0.3, -0.25) is 0 Å². The van der Waals surface area contributed by atoms with Crippen LogP contribution in [-0.2, 0) is 0 Å². The van der Waals surface area contributed by atoms with Gasteiger partial charge in [0.2, 0.25) is 5.28 Å². The van der Waals surface area contributed by atoms with Gasteiger partial charge in [-0.25, -0.2) is 4.98 Å². The first kappa shape index (κ1) is 17.4. The second-order valence-corrected chi connectivity index (χ2v) is 7.25. The van der Waals surface area contributed by atoms with Gasteiger partial charge in [0, 0.05) is 18.3 Å². The van der Waals surface area contributed by atoms with Crippen LogP contribution in [0.25, 0.3) is 11.0 Å². The summed E-state index contributed by atoms with van der Waals surface area (Å²) in [5.74, 6) is 2.08. The first-order chi connectivity index (χ1) is 12.6. The number of ether oxygens (including phenoxy) is 2. The second-order valence-electron chi connectivity index (χ2n) is 6.55. The van der Waals surface area contributed by atoms with E-state index in [1.54, 1.807) is 14.2 Å². The van der Waals surface area contributed by atoms with Crippen LogP contribution in [-0.4, -0.2) is 28.8 Å². The molecule has 0 aliphatic heterocycles. The largest absolute Gasteiger partial charge is 0.497 e. The van der Waals surface area contributed by atoms with Crippen molar-refractivity contribution >= 4 is 34.2 Å². The van der Waals surface area contributed by atoms with Crippen molar-refractivity contribution in [1.29, 1.82) is 0 Å². The van der Waals surface area contributed by atoms with E-state index in [0.717, 1.165) is 41.8 Å². The van der Waals surface area contributed by atoms with Gasteiger partial charge in [0.1, 0.15) is 22.3 Å². The quantitative estimate of drug-likeness (QED) is 0.449. The minimum absolute atomic E-state index is 0.175. The molecule has 2 atom stereocenters. The predicted molar refractivity (Wildman–Crippen MR) is 103 cm³/mol. The molecule has 4 rings (SSSR count). The molecule has 2 heterocycles. The predicted octanol–water partition coefficient (Wildman–Crippen LogP) is 5.26. The van der Waals surface area contributed by atoms with E-state index in [1.807, 2.05) is 18.3 Å². The van der Waals surface area contributed by atoms with E-state index in [0.29, 0.717) is 17.1 Å².